The zero-order valence-corrected chi connectivity index (χ0v) is 34.6. The van der Waals surface area contributed by atoms with Gasteiger partial charge in [-0.05, 0) is 116 Å². The number of anilines is 1. The first-order valence-electron chi connectivity index (χ1n) is 21.7. The van der Waals surface area contributed by atoms with Crippen molar-refractivity contribution in [2.45, 2.75) is 145 Å². The van der Waals surface area contributed by atoms with E-state index in [-0.39, 0.29) is 106 Å². The van der Waals surface area contributed by atoms with Crippen LogP contribution in [0.25, 0.3) is 0 Å². The molecule has 300 valence electrons. The SMILES string of the molecule is CCC1C2CC3C4N(C)c5ccccc5C45CC(C2C5O)[N+]3(CC(=O)OC2CCC3(C)C(CCC4C3CCC3(C)C(C5=CC(=O)OC5)CCC43O)C2)C1O.[Br-]. The lowest BCUT2D eigenvalue weighted by Crippen LogP contribution is -3.00. The molecule has 3 N–H and O–H groups in total. The van der Waals surface area contributed by atoms with Crippen molar-refractivity contribution in [1.82, 2.24) is 0 Å². The number of hydrogen-bond donors (Lipinski definition) is 3. The van der Waals surface area contributed by atoms with Crippen LogP contribution in [0, 0.1) is 52.3 Å². The fourth-order valence-electron chi connectivity index (χ4n) is 17.6. The number of aliphatic hydroxyl groups is 3. The number of quaternary nitrogens is 1. The maximum absolute atomic E-state index is 14.5. The molecule has 9 nitrogen and oxygen atoms in total. The summed E-state index contributed by atoms with van der Waals surface area (Å²) in [5.74, 6) is 1.32. The van der Waals surface area contributed by atoms with Gasteiger partial charge in [-0.25, -0.2) is 9.59 Å². The summed E-state index contributed by atoms with van der Waals surface area (Å²) < 4.78 is 12.3. The molecule has 1 spiro atoms. The molecule has 55 heavy (non-hydrogen) atoms. The number of hydrogen-bond acceptors (Lipinski definition) is 8. The van der Waals surface area contributed by atoms with E-state index in [4.69, 9.17) is 9.47 Å². The van der Waals surface area contributed by atoms with Crippen molar-refractivity contribution in [3.05, 3.63) is 41.5 Å². The summed E-state index contributed by atoms with van der Waals surface area (Å²) in [5.41, 5.74) is 2.28. The van der Waals surface area contributed by atoms with E-state index in [0.717, 1.165) is 82.6 Å². The highest BCUT2D eigenvalue weighted by molar-refractivity contribution is 5.85. The van der Waals surface area contributed by atoms with Gasteiger partial charge in [-0.3, -0.25) is 4.48 Å². The molecule has 1 aromatic carbocycles. The van der Waals surface area contributed by atoms with Crippen molar-refractivity contribution < 1.29 is 55.8 Å². The van der Waals surface area contributed by atoms with Crippen LogP contribution in [0.5, 0.6) is 0 Å². The molecule has 9 fully saturated rings. The van der Waals surface area contributed by atoms with Crippen LogP contribution in [-0.4, -0.2) is 94.1 Å². The maximum atomic E-state index is 14.5. The van der Waals surface area contributed by atoms with Gasteiger partial charge in [-0.15, -0.1) is 0 Å². The number of carbonyl (C=O) groups excluding carboxylic acids is 2. The zero-order chi connectivity index (χ0) is 37.3. The van der Waals surface area contributed by atoms with Gasteiger partial charge < -0.3 is 46.7 Å². The third-order valence-electron chi connectivity index (χ3n) is 19.8. The molecule has 18 atom stereocenters. The topological polar surface area (TPSA) is 117 Å². The fourth-order valence-corrected chi connectivity index (χ4v) is 17.6. The maximum Gasteiger partial charge on any atom is 0.362 e. The van der Waals surface area contributed by atoms with Crippen LogP contribution in [0.4, 0.5) is 5.69 Å². The van der Waals surface area contributed by atoms with Crippen LogP contribution in [0.3, 0.4) is 0 Å². The van der Waals surface area contributed by atoms with E-state index in [1.807, 2.05) is 0 Å². The van der Waals surface area contributed by atoms with Gasteiger partial charge in [-0.2, -0.15) is 0 Å². The van der Waals surface area contributed by atoms with E-state index in [9.17, 15) is 24.9 Å². The Morgan fingerprint density at radius 1 is 1.02 bits per heavy atom. The lowest BCUT2D eigenvalue weighted by atomic mass is 9.43. The van der Waals surface area contributed by atoms with Crippen molar-refractivity contribution in [2.75, 3.05) is 25.1 Å². The van der Waals surface area contributed by atoms with Crippen molar-refractivity contribution >= 4 is 17.6 Å². The predicted molar refractivity (Wildman–Crippen MR) is 201 cm³/mol. The summed E-state index contributed by atoms with van der Waals surface area (Å²) in [5, 5.41) is 37.5. The van der Waals surface area contributed by atoms with E-state index in [1.165, 1.54) is 11.3 Å². The lowest BCUT2D eigenvalue weighted by molar-refractivity contribution is -1.03. The monoisotopic (exact) mass is 820 g/mol. The smallest absolute Gasteiger partial charge is 0.362 e. The number of nitrogens with zero attached hydrogens (tertiary/aromatic N) is 2. The second-order valence-corrected chi connectivity index (χ2v) is 20.7. The number of halogens is 1. The first kappa shape index (κ1) is 37.3. The molecule has 0 amide bonds. The molecular weight excluding hydrogens is 760 g/mol. The quantitative estimate of drug-likeness (QED) is 0.307. The first-order valence-corrected chi connectivity index (χ1v) is 21.7. The fraction of sp³-hybridized carbons (Fsp3) is 0.778. The summed E-state index contributed by atoms with van der Waals surface area (Å²) in [6, 6.07) is 8.74. The average Bonchev–Trinajstić information content (AvgIpc) is 3.83. The van der Waals surface area contributed by atoms with Crippen molar-refractivity contribution in [1.29, 1.82) is 0 Å². The molecule has 5 bridgehead atoms. The standard InChI is InChI=1S/C45H61N2O7.BrH/c1-5-27-28-20-34-39-44(32-8-6-7-9-33(32)46(39)4)21-35(38(28)40(44)50)47(34,41(27)51)22-37(49)54-26-12-15-42(2)25(19-26)10-11-31-30(42)13-16-43(3)29(14-17-45(31,43)52)24-18-36(48)53-23-24;/h6-9,18,25-31,34-35,38-41,50-52H,5,10-17,19-23H2,1-4H3;1H/q+1;/p-1. The third-order valence-corrected chi connectivity index (χ3v) is 19.8. The second kappa shape index (κ2) is 12.0. The van der Waals surface area contributed by atoms with Gasteiger partial charge in [0.05, 0.1) is 29.2 Å². The minimum absolute atomic E-state index is 0. The molecular formula is C45H61BrN2O7. The Hall–Kier alpha value is -1.98. The van der Waals surface area contributed by atoms with E-state index in [1.54, 1.807) is 6.08 Å². The largest absolute Gasteiger partial charge is 1.00 e. The second-order valence-electron chi connectivity index (χ2n) is 20.7. The highest BCUT2D eigenvalue weighted by atomic mass is 79.9. The molecule has 1 aromatic rings. The summed E-state index contributed by atoms with van der Waals surface area (Å²) in [4.78, 5) is 28.8. The highest BCUT2D eigenvalue weighted by Gasteiger charge is 2.83. The summed E-state index contributed by atoms with van der Waals surface area (Å²) in [6.45, 7) is 7.48. The third kappa shape index (κ3) is 4.30. The minimum Gasteiger partial charge on any atom is -1.00 e. The van der Waals surface area contributed by atoms with Crippen LogP contribution in [-0.2, 0) is 24.5 Å². The number of carbonyl (C=O) groups is 2. The number of fused-ring (bicyclic) bond motifs is 7. The zero-order valence-electron chi connectivity index (χ0n) is 33.0. The van der Waals surface area contributed by atoms with E-state index >= 15 is 0 Å². The number of ether oxygens (including phenoxy) is 2. The van der Waals surface area contributed by atoms with Crippen LogP contribution in [0.1, 0.15) is 103 Å². The van der Waals surface area contributed by atoms with Gasteiger partial charge in [0, 0.05) is 48.9 Å². The number of esters is 2. The van der Waals surface area contributed by atoms with Crippen molar-refractivity contribution in [3.8, 4) is 0 Å². The van der Waals surface area contributed by atoms with Gasteiger partial charge in [0.25, 0.3) is 0 Å². The number of benzene rings is 1. The van der Waals surface area contributed by atoms with E-state index < -0.39 is 17.9 Å². The molecule has 11 aliphatic rings. The van der Waals surface area contributed by atoms with Crippen LogP contribution < -0.4 is 21.9 Å². The number of rotatable bonds is 5. The lowest BCUT2D eigenvalue weighted by Gasteiger charge is -2.67. The number of para-hydroxylation sites is 1. The van der Waals surface area contributed by atoms with Gasteiger partial charge >= 0.3 is 11.9 Å². The molecule has 6 aliphatic heterocycles. The predicted octanol–water partition coefficient (Wildman–Crippen LogP) is 2.24. The van der Waals surface area contributed by atoms with Crippen LogP contribution >= 0.6 is 0 Å². The van der Waals surface area contributed by atoms with Crippen molar-refractivity contribution in [3.63, 3.8) is 0 Å². The Kier molecular flexibility index (Phi) is 8.17. The van der Waals surface area contributed by atoms with Crippen LogP contribution in [0.2, 0.25) is 0 Å². The highest BCUT2D eigenvalue weighted by Crippen LogP contribution is 2.73. The molecule has 12 rings (SSSR count). The summed E-state index contributed by atoms with van der Waals surface area (Å²) >= 11 is 0. The summed E-state index contributed by atoms with van der Waals surface area (Å²) in [6.07, 6.45) is 11.5. The molecule has 18 unspecified atom stereocenters. The Morgan fingerprint density at radius 3 is 2.58 bits per heavy atom. The molecule has 0 radical (unpaired) electrons. The number of likely N-dealkylation sites (N-methyl/N-ethyl adjacent to an activating group) is 1. The molecule has 5 aliphatic carbocycles. The van der Waals surface area contributed by atoms with E-state index in [0.29, 0.717) is 22.9 Å². The molecule has 10 heteroatoms. The first-order chi connectivity index (χ1) is 25.8. The minimum atomic E-state index is -0.739. The molecule has 4 saturated heterocycles. The Labute approximate surface area is 336 Å². The number of piperidine rings is 4. The Balaban J connectivity index is 0.00000372. The number of cyclic esters (lactones) is 1. The summed E-state index contributed by atoms with van der Waals surface area (Å²) in [7, 11) is 2.17. The van der Waals surface area contributed by atoms with Gasteiger partial charge in [0.2, 0.25) is 0 Å². The van der Waals surface area contributed by atoms with Gasteiger partial charge in [0.1, 0.15) is 18.8 Å². The van der Waals surface area contributed by atoms with E-state index in [2.05, 4.69) is 57.0 Å². The van der Waals surface area contributed by atoms with Gasteiger partial charge in [-0.1, -0.05) is 39.0 Å². The van der Waals surface area contributed by atoms with Crippen molar-refractivity contribution in [2.24, 2.45) is 52.3 Å². The Bertz CT molecular complexity index is 1840. The van der Waals surface area contributed by atoms with Gasteiger partial charge in [0.15, 0.2) is 12.8 Å². The van der Waals surface area contributed by atoms with Crippen LogP contribution in [0.15, 0.2) is 35.9 Å². The molecule has 6 heterocycles. The average molecular weight is 822 g/mol. The number of aliphatic hydroxyl groups excluding tert-OH is 2. The molecule has 0 aromatic heterocycles. The molecule has 5 saturated carbocycles. The normalized spacial score (nSPS) is 53.4. The Morgan fingerprint density at radius 2 is 1.82 bits per heavy atom.